The van der Waals surface area contributed by atoms with Crippen LogP contribution in [0.4, 0.5) is 18.9 Å². The third-order valence-corrected chi connectivity index (χ3v) is 7.82. The van der Waals surface area contributed by atoms with Gasteiger partial charge in [-0.1, -0.05) is 11.6 Å². The van der Waals surface area contributed by atoms with E-state index >= 15 is 0 Å². The number of aryl methyl sites for hydroxylation is 1. The number of sulfonamides is 1. The molecule has 0 aliphatic carbocycles. The highest BCUT2D eigenvalue weighted by Crippen LogP contribution is 2.32. The van der Waals surface area contributed by atoms with Gasteiger partial charge in [0.2, 0.25) is 10.0 Å². The fourth-order valence-corrected chi connectivity index (χ4v) is 5.27. The number of pyridine rings is 1. The van der Waals surface area contributed by atoms with Crippen molar-refractivity contribution in [3.05, 3.63) is 52.3 Å². The first-order valence-electron chi connectivity index (χ1n) is 11.0. The van der Waals surface area contributed by atoms with Gasteiger partial charge in [0.1, 0.15) is 0 Å². The highest BCUT2D eigenvalue weighted by atomic mass is 35.5. The minimum Gasteiger partial charge on any atom is -0.307 e. The van der Waals surface area contributed by atoms with E-state index in [0.717, 1.165) is 18.4 Å². The Balaban J connectivity index is 1.61. The molecule has 1 aliphatic rings. The molecule has 0 saturated carbocycles. The zero-order valence-electron chi connectivity index (χ0n) is 19.5. The molecule has 1 saturated heterocycles. The number of nitrogens with zero attached hydrogens (tertiary/aromatic N) is 5. The van der Waals surface area contributed by atoms with Crippen molar-refractivity contribution in [2.45, 2.75) is 13.1 Å². The number of anilines is 1. The molecule has 36 heavy (non-hydrogen) atoms. The molecule has 3 aromatic rings. The Labute approximate surface area is 210 Å². The van der Waals surface area contributed by atoms with Gasteiger partial charge in [-0.15, -0.1) is 0 Å². The number of H-pyrrole nitrogens is 1. The van der Waals surface area contributed by atoms with Crippen LogP contribution in [-0.4, -0.2) is 84.2 Å². The van der Waals surface area contributed by atoms with Crippen LogP contribution in [0.5, 0.6) is 0 Å². The molecular weight excluding hydrogens is 521 g/mol. The van der Waals surface area contributed by atoms with Gasteiger partial charge in [-0.25, -0.2) is 13.4 Å². The molecule has 0 atom stereocenters. The van der Waals surface area contributed by atoms with Crippen molar-refractivity contribution in [2.75, 3.05) is 50.4 Å². The molecule has 4 rings (SSSR count). The molecule has 3 heterocycles. The molecule has 0 spiro atoms. The van der Waals surface area contributed by atoms with Crippen LogP contribution in [-0.2, 0) is 16.2 Å². The van der Waals surface area contributed by atoms with Crippen molar-refractivity contribution in [1.82, 2.24) is 24.4 Å². The number of carbonyl (C=O) groups excluding carboxylic acids is 1. The summed E-state index contributed by atoms with van der Waals surface area (Å²) in [7, 11) is -3.29. The number of rotatable bonds is 6. The largest absolute Gasteiger partial charge is 0.416 e. The maximum atomic E-state index is 13.6. The summed E-state index contributed by atoms with van der Waals surface area (Å²) >= 11 is 6.54. The zero-order chi connectivity index (χ0) is 26.3. The van der Waals surface area contributed by atoms with Crippen LogP contribution in [0.25, 0.3) is 11.0 Å². The molecule has 194 valence electrons. The average Bonchev–Trinajstić information content (AvgIpc) is 3.20. The van der Waals surface area contributed by atoms with E-state index in [1.165, 1.54) is 27.5 Å². The van der Waals surface area contributed by atoms with Crippen LogP contribution in [0, 0.1) is 6.92 Å². The first-order valence-corrected chi connectivity index (χ1v) is 13.2. The Hall–Kier alpha value is -2.74. The maximum Gasteiger partial charge on any atom is 0.416 e. The average molecular weight is 545 g/mol. The van der Waals surface area contributed by atoms with Gasteiger partial charge in [0.05, 0.1) is 27.8 Å². The van der Waals surface area contributed by atoms with Gasteiger partial charge < -0.3 is 4.90 Å². The molecule has 1 fully saturated rings. The van der Waals surface area contributed by atoms with Crippen LogP contribution in [0.1, 0.15) is 21.6 Å². The highest BCUT2D eigenvalue weighted by molar-refractivity contribution is 7.88. The second-order valence-electron chi connectivity index (χ2n) is 8.54. The summed E-state index contributed by atoms with van der Waals surface area (Å²) in [4.78, 5) is 21.2. The van der Waals surface area contributed by atoms with Gasteiger partial charge in [-0.3, -0.25) is 14.8 Å². The van der Waals surface area contributed by atoms with Crippen molar-refractivity contribution in [1.29, 1.82) is 0 Å². The third-order valence-electron chi connectivity index (χ3n) is 6.12. The molecule has 1 aromatic carbocycles. The van der Waals surface area contributed by atoms with Gasteiger partial charge in [-0.2, -0.15) is 22.6 Å². The van der Waals surface area contributed by atoms with Crippen LogP contribution in [0.3, 0.4) is 0 Å². The van der Waals surface area contributed by atoms with E-state index in [0.29, 0.717) is 49.5 Å². The maximum absolute atomic E-state index is 13.6. The number of alkyl halides is 3. The first kappa shape index (κ1) is 26.3. The van der Waals surface area contributed by atoms with Crippen molar-refractivity contribution in [2.24, 2.45) is 0 Å². The monoisotopic (exact) mass is 544 g/mol. The lowest BCUT2D eigenvalue weighted by molar-refractivity contribution is -0.137. The molecule has 0 bridgehead atoms. The summed E-state index contributed by atoms with van der Waals surface area (Å²) in [5.41, 5.74) is 0.504. The number of halogens is 4. The SMILES string of the molecule is Cc1[nH]nc2ncc(C(=O)N(CCN3CCN(S(C)(=O)=O)CC3)c3ccc(C(F)(F)F)cc3)c(Cl)c12. The third kappa shape index (κ3) is 5.48. The highest BCUT2D eigenvalue weighted by Gasteiger charge is 2.31. The summed E-state index contributed by atoms with van der Waals surface area (Å²) in [6, 6.07) is 4.32. The molecule has 0 unspecified atom stereocenters. The molecule has 1 aliphatic heterocycles. The van der Waals surface area contributed by atoms with Crippen LogP contribution in [0.15, 0.2) is 30.5 Å². The van der Waals surface area contributed by atoms with E-state index in [9.17, 15) is 26.4 Å². The predicted molar refractivity (Wildman–Crippen MR) is 130 cm³/mol. The quantitative estimate of drug-likeness (QED) is 0.511. The van der Waals surface area contributed by atoms with Crippen molar-refractivity contribution in [3.63, 3.8) is 0 Å². The Morgan fingerprint density at radius 1 is 1.17 bits per heavy atom. The number of fused-ring (bicyclic) bond motifs is 1. The number of carbonyl (C=O) groups is 1. The lowest BCUT2D eigenvalue weighted by Crippen LogP contribution is -2.50. The number of aromatic amines is 1. The van der Waals surface area contributed by atoms with Crippen molar-refractivity contribution in [3.8, 4) is 0 Å². The minimum absolute atomic E-state index is 0.0930. The molecule has 9 nitrogen and oxygen atoms in total. The number of amides is 1. The summed E-state index contributed by atoms with van der Waals surface area (Å²) in [5, 5.41) is 7.44. The number of hydrogen-bond acceptors (Lipinski definition) is 6. The Bertz CT molecular complexity index is 1370. The van der Waals surface area contributed by atoms with E-state index in [2.05, 4.69) is 15.2 Å². The first-order chi connectivity index (χ1) is 16.9. The summed E-state index contributed by atoms with van der Waals surface area (Å²) in [5.74, 6) is -0.524. The number of piperazine rings is 1. The topological polar surface area (TPSA) is 102 Å². The van der Waals surface area contributed by atoms with E-state index in [1.807, 2.05) is 4.90 Å². The standard InChI is InChI=1S/C22H24ClF3N6O3S/c1-14-18-19(23)17(13-27-20(18)29-28-14)21(33)32(16-5-3-15(4-6-16)22(24,25)26)12-9-30-7-10-31(11-8-30)36(2,34)35/h3-6,13H,7-12H2,1-2H3,(H,27,28,29). The van der Waals surface area contributed by atoms with E-state index in [1.54, 1.807) is 6.92 Å². The summed E-state index contributed by atoms with van der Waals surface area (Å²) in [6.45, 7) is 3.82. The summed E-state index contributed by atoms with van der Waals surface area (Å²) < 4.78 is 64.2. The van der Waals surface area contributed by atoms with E-state index in [-0.39, 0.29) is 22.8 Å². The lowest BCUT2D eigenvalue weighted by atomic mass is 10.1. The lowest BCUT2D eigenvalue weighted by Gasteiger charge is -2.34. The number of benzene rings is 1. The Kier molecular flexibility index (Phi) is 7.28. The minimum atomic E-state index is -4.51. The smallest absolute Gasteiger partial charge is 0.307 e. The van der Waals surface area contributed by atoms with Crippen molar-refractivity contribution < 1.29 is 26.4 Å². The van der Waals surface area contributed by atoms with Gasteiger partial charge in [0.25, 0.3) is 5.91 Å². The number of aromatic nitrogens is 3. The normalized spacial score (nSPS) is 15.9. The predicted octanol–water partition coefficient (Wildman–Crippen LogP) is 3.16. The summed E-state index contributed by atoms with van der Waals surface area (Å²) in [6.07, 6.45) is -2.05. The van der Waals surface area contributed by atoms with Gasteiger partial charge in [0.15, 0.2) is 5.65 Å². The second-order valence-corrected chi connectivity index (χ2v) is 10.9. The Morgan fingerprint density at radius 2 is 1.81 bits per heavy atom. The fourth-order valence-electron chi connectivity index (χ4n) is 4.09. The molecular formula is C22H24ClF3N6O3S. The van der Waals surface area contributed by atoms with Gasteiger partial charge >= 0.3 is 6.18 Å². The van der Waals surface area contributed by atoms with E-state index < -0.39 is 27.7 Å². The molecule has 1 N–H and O–H groups in total. The number of hydrogen-bond donors (Lipinski definition) is 1. The fraction of sp³-hybridized carbons (Fsp3) is 0.409. The molecule has 2 aromatic heterocycles. The van der Waals surface area contributed by atoms with E-state index in [4.69, 9.17) is 11.6 Å². The van der Waals surface area contributed by atoms with Crippen LogP contribution >= 0.6 is 11.6 Å². The zero-order valence-corrected chi connectivity index (χ0v) is 21.1. The van der Waals surface area contributed by atoms with Gasteiger partial charge in [0, 0.05) is 56.8 Å². The second kappa shape index (κ2) is 9.96. The molecule has 14 heteroatoms. The molecule has 0 radical (unpaired) electrons. The van der Waals surface area contributed by atoms with Gasteiger partial charge in [-0.05, 0) is 31.2 Å². The van der Waals surface area contributed by atoms with Crippen LogP contribution < -0.4 is 4.90 Å². The Morgan fingerprint density at radius 3 is 2.39 bits per heavy atom. The number of nitrogens with one attached hydrogen (secondary N) is 1. The molecule has 1 amide bonds. The van der Waals surface area contributed by atoms with Crippen molar-refractivity contribution >= 4 is 44.3 Å². The van der Waals surface area contributed by atoms with Crippen LogP contribution in [0.2, 0.25) is 5.02 Å².